The van der Waals surface area contributed by atoms with Crippen molar-refractivity contribution in [2.45, 2.75) is 67.2 Å². The molecule has 3 heterocycles. The molecule has 13 heteroatoms. The van der Waals surface area contributed by atoms with Crippen molar-refractivity contribution in [1.82, 2.24) is 0 Å². The molecule has 7 rings (SSSR count). The highest BCUT2D eigenvalue weighted by Crippen LogP contribution is 2.65. The van der Waals surface area contributed by atoms with Crippen LogP contribution in [-0.2, 0) is 43.4 Å². The van der Waals surface area contributed by atoms with Gasteiger partial charge in [-0.25, -0.2) is 4.79 Å². The third-order valence-electron chi connectivity index (χ3n) is 7.76. The zero-order valence-electron chi connectivity index (χ0n) is 16.1. The zero-order valence-corrected chi connectivity index (χ0v) is 16.9. The minimum absolute atomic E-state index is 0.0630. The molecule has 31 heavy (non-hydrogen) atoms. The molecule has 1 N–H and O–H groups in total. The molecule has 3 aliphatic heterocycles. The van der Waals surface area contributed by atoms with Gasteiger partial charge in [-0.2, -0.15) is 17.2 Å². The molecule has 1 spiro atoms. The number of esters is 2. The number of fused-ring (bicyclic) bond motifs is 3. The SMILES string of the molecule is O=C1OCC2OC3OC4(OC3C12)C1CC2CC4CC(OC(=O)C(F)(F)S(=O)(=O)O)(C2)C1. The minimum atomic E-state index is -5.95. The van der Waals surface area contributed by atoms with E-state index < -0.39 is 63.1 Å². The molecule has 4 saturated carbocycles. The van der Waals surface area contributed by atoms with Crippen LogP contribution >= 0.6 is 0 Å². The molecule has 0 aromatic rings. The molecule has 6 atom stereocenters. The number of rotatable bonds is 3. The first kappa shape index (κ1) is 20.2. The molecule has 7 fully saturated rings. The van der Waals surface area contributed by atoms with Gasteiger partial charge in [0.2, 0.25) is 0 Å². The van der Waals surface area contributed by atoms with Gasteiger partial charge in [0.1, 0.15) is 30.3 Å². The summed E-state index contributed by atoms with van der Waals surface area (Å²) in [7, 11) is -5.95. The van der Waals surface area contributed by atoms with Crippen molar-refractivity contribution in [3.8, 4) is 0 Å². The summed E-state index contributed by atoms with van der Waals surface area (Å²) in [6, 6.07) is 0. The maximum atomic E-state index is 13.8. The molecule has 0 amide bonds. The van der Waals surface area contributed by atoms with Gasteiger partial charge in [0.15, 0.2) is 12.1 Å². The highest BCUT2D eigenvalue weighted by Gasteiger charge is 2.73. The quantitative estimate of drug-likeness (QED) is 0.465. The lowest BCUT2D eigenvalue weighted by atomic mass is 9.51. The zero-order chi connectivity index (χ0) is 22.0. The van der Waals surface area contributed by atoms with Gasteiger partial charge in [-0.3, -0.25) is 9.35 Å². The van der Waals surface area contributed by atoms with Gasteiger partial charge >= 0.3 is 27.3 Å². The summed E-state index contributed by atoms with van der Waals surface area (Å²) in [6.45, 7) is 0.145. The van der Waals surface area contributed by atoms with Crippen LogP contribution in [0.25, 0.3) is 0 Å². The Labute approximate surface area is 175 Å². The van der Waals surface area contributed by atoms with Gasteiger partial charge < -0.3 is 23.7 Å². The van der Waals surface area contributed by atoms with Crippen molar-refractivity contribution in [3.05, 3.63) is 0 Å². The summed E-state index contributed by atoms with van der Waals surface area (Å²) in [6.07, 6.45) is 0.139. The molecule has 0 aromatic carbocycles. The van der Waals surface area contributed by atoms with Crippen LogP contribution in [0.3, 0.4) is 0 Å². The maximum absolute atomic E-state index is 13.8. The van der Waals surface area contributed by atoms with E-state index in [1.807, 2.05) is 0 Å². The van der Waals surface area contributed by atoms with E-state index in [0.717, 1.165) is 0 Å². The van der Waals surface area contributed by atoms with Crippen LogP contribution in [0.4, 0.5) is 8.78 Å². The van der Waals surface area contributed by atoms with Crippen molar-refractivity contribution in [2.24, 2.45) is 23.7 Å². The smallest absolute Gasteiger partial charge is 0.463 e. The number of halogens is 2. The molecule has 10 nitrogen and oxygen atoms in total. The van der Waals surface area contributed by atoms with Crippen molar-refractivity contribution < 1.29 is 55.0 Å². The first-order chi connectivity index (χ1) is 14.4. The number of alkyl halides is 2. The standard InChI is InChI=1S/C18H20F2O10S/c19-18(20,31(23,24)25)15(22)30-16-3-7-1-8(4-16)17(9(2-7)5-16)28-12-11-10(6-26-13(11)21)27-14(12)29-17/h7-12,14H,1-6H2,(H,23,24,25). The number of hydrogen-bond donors (Lipinski definition) is 1. The molecule has 3 saturated heterocycles. The Kier molecular flexibility index (Phi) is 3.87. The number of hydrogen-bond acceptors (Lipinski definition) is 9. The molecular formula is C18H20F2O10S. The Morgan fingerprint density at radius 3 is 2.48 bits per heavy atom. The third-order valence-corrected chi connectivity index (χ3v) is 8.57. The second-order valence-electron chi connectivity index (χ2n) is 9.53. The molecule has 7 aliphatic rings. The normalized spacial score (nSPS) is 49.9. The monoisotopic (exact) mass is 466 g/mol. The van der Waals surface area contributed by atoms with Crippen LogP contribution in [0.1, 0.15) is 32.1 Å². The fourth-order valence-corrected chi connectivity index (χ4v) is 7.03. The first-order valence-electron chi connectivity index (χ1n) is 10.2. The van der Waals surface area contributed by atoms with Gasteiger partial charge in [-0.1, -0.05) is 0 Å². The molecule has 4 bridgehead atoms. The number of ether oxygens (including phenoxy) is 5. The fraction of sp³-hybridized carbons (Fsp3) is 0.889. The van der Waals surface area contributed by atoms with E-state index in [9.17, 15) is 26.8 Å². The van der Waals surface area contributed by atoms with Gasteiger partial charge in [0.25, 0.3) is 0 Å². The van der Waals surface area contributed by atoms with E-state index in [-0.39, 0.29) is 37.2 Å². The Balaban J connectivity index is 1.25. The van der Waals surface area contributed by atoms with Crippen molar-refractivity contribution in [1.29, 1.82) is 0 Å². The van der Waals surface area contributed by atoms with Gasteiger partial charge in [-0.15, -0.1) is 0 Å². The van der Waals surface area contributed by atoms with E-state index in [1.54, 1.807) is 0 Å². The summed E-state index contributed by atoms with van der Waals surface area (Å²) in [5.41, 5.74) is -1.28. The summed E-state index contributed by atoms with van der Waals surface area (Å²) in [5.74, 6) is -4.90. The number of cyclic esters (lactones) is 1. The Morgan fingerprint density at radius 2 is 1.84 bits per heavy atom. The average Bonchev–Trinajstić information content (AvgIpc) is 3.28. The highest BCUT2D eigenvalue weighted by molar-refractivity contribution is 7.87. The second-order valence-corrected chi connectivity index (χ2v) is 11.0. The Hall–Kier alpha value is -1.41. The van der Waals surface area contributed by atoms with Gasteiger partial charge in [-0.05, 0) is 38.0 Å². The first-order valence-corrected chi connectivity index (χ1v) is 11.6. The summed E-state index contributed by atoms with van der Waals surface area (Å²) in [5, 5.41) is -5.04. The van der Waals surface area contributed by atoms with Crippen molar-refractivity contribution >= 4 is 22.1 Å². The Morgan fingerprint density at radius 1 is 1.16 bits per heavy atom. The van der Waals surface area contributed by atoms with Crippen LogP contribution < -0.4 is 0 Å². The third kappa shape index (κ3) is 2.58. The van der Waals surface area contributed by atoms with Crippen molar-refractivity contribution in [2.75, 3.05) is 6.61 Å². The Bertz CT molecular complexity index is 950. The molecule has 0 radical (unpaired) electrons. The van der Waals surface area contributed by atoms with Crippen LogP contribution in [-0.4, -0.2) is 66.7 Å². The molecule has 4 aliphatic carbocycles. The lowest BCUT2D eigenvalue weighted by Crippen LogP contribution is -2.66. The summed E-state index contributed by atoms with van der Waals surface area (Å²) < 4.78 is 86.7. The predicted molar refractivity (Wildman–Crippen MR) is 90.7 cm³/mol. The highest BCUT2D eigenvalue weighted by atomic mass is 32.2. The average molecular weight is 466 g/mol. The molecule has 172 valence electrons. The van der Waals surface area contributed by atoms with Gasteiger partial charge in [0.05, 0.1) is 0 Å². The van der Waals surface area contributed by atoms with Crippen LogP contribution in [0.2, 0.25) is 0 Å². The van der Waals surface area contributed by atoms with Crippen LogP contribution in [0.5, 0.6) is 0 Å². The maximum Gasteiger partial charge on any atom is 0.465 e. The molecule has 0 aromatic heterocycles. The summed E-state index contributed by atoms with van der Waals surface area (Å²) in [4.78, 5) is 24.1. The van der Waals surface area contributed by atoms with Crippen LogP contribution in [0.15, 0.2) is 0 Å². The second kappa shape index (κ2) is 5.93. The van der Waals surface area contributed by atoms with E-state index >= 15 is 0 Å². The van der Waals surface area contributed by atoms with E-state index in [1.165, 1.54) is 0 Å². The largest absolute Gasteiger partial charge is 0.465 e. The minimum Gasteiger partial charge on any atom is -0.463 e. The predicted octanol–water partition coefficient (Wildman–Crippen LogP) is 0.598. The molecule has 6 unspecified atom stereocenters. The van der Waals surface area contributed by atoms with E-state index in [4.69, 9.17) is 28.2 Å². The van der Waals surface area contributed by atoms with Gasteiger partial charge in [0, 0.05) is 11.8 Å². The molecular weight excluding hydrogens is 446 g/mol. The topological polar surface area (TPSA) is 135 Å². The number of carbonyl (C=O) groups is 2. The lowest BCUT2D eigenvalue weighted by molar-refractivity contribution is -0.341. The van der Waals surface area contributed by atoms with E-state index in [0.29, 0.717) is 19.3 Å². The number of carbonyl (C=O) groups excluding carboxylic acids is 2. The summed E-state index contributed by atoms with van der Waals surface area (Å²) >= 11 is 0. The fourth-order valence-electron chi connectivity index (χ4n) is 6.78. The van der Waals surface area contributed by atoms with Crippen LogP contribution in [0, 0.1) is 23.7 Å². The van der Waals surface area contributed by atoms with Crippen molar-refractivity contribution in [3.63, 3.8) is 0 Å². The van der Waals surface area contributed by atoms with E-state index in [2.05, 4.69) is 0 Å². The lowest BCUT2D eigenvalue weighted by Gasteiger charge is -2.62.